The lowest BCUT2D eigenvalue weighted by Gasteiger charge is -2.18. The molecule has 2 aromatic carbocycles. The molecule has 2 N–H and O–H groups in total. The molecule has 3 aromatic rings. The Balaban J connectivity index is 1.86. The average Bonchev–Trinajstić information content (AvgIpc) is 3.06. The molecule has 0 amide bonds. The molecule has 23 heavy (non-hydrogen) atoms. The summed E-state index contributed by atoms with van der Waals surface area (Å²) >= 11 is 0. The van der Waals surface area contributed by atoms with Crippen LogP contribution in [0.3, 0.4) is 0 Å². The van der Waals surface area contributed by atoms with E-state index in [1.807, 2.05) is 36.4 Å². The molecule has 0 aliphatic heterocycles. The molecule has 4 nitrogen and oxygen atoms in total. The summed E-state index contributed by atoms with van der Waals surface area (Å²) in [5.41, 5.74) is 4.10. The molecule has 0 radical (unpaired) electrons. The fraction of sp³-hybridized carbons (Fsp3) is 0.211. The van der Waals surface area contributed by atoms with Crippen molar-refractivity contribution in [2.24, 2.45) is 0 Å². The van der Waals surface area contributed by atoms with E-state index in [1.165, 1.54) is 5.56 Å². The molecule has 0 fully saturated rings. The van der Waals surface area contributed by atoms with Crippen LogP contribution >= 0.6 is 0 Å². The maximum atomic E-state index is 9.23. The Kier molecular flexibility index (Phi) is 5.19. The predicted molar refractivity (Wildman–Crippen MR) is 88.9 cm³/mol. The summed E-state index contributed by atoms with van der Waals surface area (Å²) in [6.45, 7) is 0.806. The van der Waals surface area contributed by atoms with Crippen molar-refractivity contribution < 1.29 is 9.63 Å². The normalized spacial score (nSPS) is 12.2. The van der Waals surface area contributed by atoms with E-state index in [-0.39, 0.29) is 12.6 Å². The van der Waals surface area contributed by atoms with Gasteiger partial charge in [-0.05, 0) is 11.1 Å². The highest BCUT2D eigenvalue weighted by molar-refractivity contribution is 5.31. The minimum atomic E-state index is -0.0725. The van der Waals surface area contributed by atoms with Gasteiger partial charge < -0.3 is 14.9 Å². The van der Waals surface area contributed by atoms with Crippen LogP contribution in [-0.4, -0.2) is 16.9 Å². The maximum Gasteiger partial charge on any atom is 0.127 e. The van der Waals surface area contributed by atoms with Crippen LogP contribution in [0.1, 0.15) is 28.4 Å². The van der Waals surface area contributed by atoms with Gasteiger partial charge in [-0.2, -0.15) is 0 Å². The van der Waals surface area contributed by atoms with Gasteiger partial charge >= 0.3 is 0 Å². The topological polar surface area (TPSA) is 58.3 Å². The molecule has 3 rings (SSSR count). The highest BCUT2D eigenvalue weighted by Gasteiger charge is 2.20. The Morgan fingerprint density at radius 1 is 1.00 bits per heavy atom. The van der Waals surface area contributed by atoms with E-state index in [9.17, 15) is 5.11 Å². The maximum absolute atomic E-state index is 9.23. The third-order valence-corrected chi connectivity index (χ3v) is 3.82. The molecule has 0 spiro atoms. The number of nitrogens with one attached hydrogen (secondary N) is 1. The van der Waals surface area contributed by atoms with Gasteiger partial charge in [-0.25, -0.2) is 0 Å². The summed E-state index contributed by atoms with van der Waals surface area (Å²) in [6, 6.07) is 20.3. The number of aliphatic hydroxyl groups excluding tert-OH is 1. The van der Waals surface area contributed by atoms with Crippen LogP contribution in [-0.2, 0) is 13.0 Å². The van der Waals surface area contributed by atoms with Crippen LogP contribution in [0.15, 0.2) is 71.4 Å². The minimum Gasteiger partial charge on any atom is -0.396 e. The lowest BCUT2D eigenvalue weighted by atomic mass is 9.99. The van der Waals surface area contributed by atoms with E-state index in [0.717, 1.165) is 23.4 Å². The molecule has 0 saturated carbocycles. The van der Waals surface area contributed by atoms with Crippen LogP contribution in [0.25, 0.3) is 0 Å². The zero-order valence-corrected chi connectivity index (χ0v) is 12.9. The first-order chi connectivity index (χ1) is 11.4. The van der Waals surface area contributed by atoms with Crippen molar-refractivity contribution >= 4 is 0 Å². The van der Waals surface area contributed by atoms with Gasteiger partial charge in [0.05, 0.1) is 6.04 Å². The molecule has 1 aromatic heterocycles. The van der Waals surface area contributed by atoms with Gasteiger partial charge in [0.15, 0.2) is 0 Å². The summed E-state index contributed by atoms with van der Waals surface area (Å²) < 4.78 is 5.15. The Labute approximate surface area is 135 Å². The van der Waals surface area contributed by atoms with Gasteiger partial charge in [-0.3, -0.25) is 0 Å². The van der Waals surface area contributed by atoms with E-state index in [2.05, 4.69) is 34.7 Å². The molecule has 0 bridgehead atoms. The summed E-state index contributed by atoms with van der Waals surface area (Å²) in [4.78, 5) is 0. The molecular formula is C19H20N2O2. The van der Waals surface area contributed by atoms with Gasteiger partial charge in [0.2, 0.25) is 0 Å². The van der Waals surface area contributed by atoms with E-state index in [0.29, 0.717) is 6.42 Å². The van der Waals surface area contributed by atoms with E-state index >= 15 is 0 Å². The number of hydrogen-bond donors (Lipinski definition) is 2. The van der Waals surface area contributed by atoms with Crippen LogP contribution in [0.4, 0.5) is 0 Å². The van der Waals surface area contributed by atoms with Gasteiger partial charge in [-0.15, -0.1) is 0 Å². The highest BCUT2D eigenvalue weighted by atomic mass is 16.5. The van der Waals surface area contributed by atoms with Crippen molar-refractivity contribution in [1.29, 1.82) is 0 Å². The molecule has 1 atom stereocenters. The fourth-order valence-electron chi connectivity index (χ4n) is 2.64. The van der Waals surface area contributed by atoms with Crippen molar-refractivity contribution in [3.8, 4) is 0 Å². The Bertz CT molecular complexity index is 711. The Morgan fingerprint density at radius 3 is 2.39 bits per heavy atom. The molecule has 0 aliphatic rings. The van der Waals surface area contributed by atoms with Crippen molar-refractivity contribution in [1.82, 2.24) is 10.5 Å². The predicted octanol–water partition coefficient (Wildman–Crippen LogP) is 3.09. The summed E-state index contributed by atoms with van der Waals surface area (Å²) in [6.07, 6.45) is 2.15. The molecule has 1 heterocycles. The average molecular weight is 308 g/mol. The highest BCUT2D eigenvalue weighted by Crippen LogP contribution is 2.24. The second kappa shape index (κ2) is 7.72. The lowest BCUT2D eigenvalue weighted by molar-refractivity contribution is 0.298. The quantitative estimate of drug-likeness (QED) is 0.704. The van der Waals surface area contributed by atoms with Crippen LogP contribution < -0.4 is 5.32 Å². The van der Waals surface area contributed by atoms with Gasteiger partial charge in [0.25, 0.3) is 0 Å². The fourth-order valence-corrected chi connectivity index (χ4v) is 2.64. The van der Waals surface area contributed by atoms with Gasteiger partial charge in [-0.1, -0.05) is 65.8 Å². The van der Waals surface area contributed by atoms with E-state index in [1.54, 1.807) is 6.26 Å². The molecule has 4 heteroatoms. The van der Waals surface area contributed by atoms with Crippen molar-refractivity contribution in [2.45, 2.75) is 19.0 Å². The standard InChI is InChI=1S/C19H20N2O2/c22-12-11-17-14-23-21-19(17)18(16-9-5-2-6-10-16)20-13-15-7-3-1-4-8-15/h1-10,14,18,20,22H,11-13H2. The zero-order valence-electron chi connectivity index (χ0n) is 12.9. The minimum absolute atomic E-state index is 0.0725. The van der Waals surface area contributed by atoms with Crippen molar-refractivity contribution in [3.05, 3.63) is 89.3 Å². The zero-order chi connectivity index (χ0) is 15.9. The first-order valence-electron chi connectivity index (χ1n) is 7.74. The summed E-state index contributed by atoms with van der Waals surface area (Å²) in [5.74, 6) is 0. The first-order valence-corrected chi connectivity index (χ1v) is 7.74. The first kappa shape index (κ1) is 15.5. The van der Waals surface area contributed by atoms with Crippen LogP contribution in [0.5, 0.6) is 0 Å². The van der Waals surface area contributed by atoms with Crippen molar-refractivity contribution in [3.63, 3.8) is 0 Å². The summed E-state index contributed by atoms with van der Waals surface area (Å²) in [7, 11) is 0. The Morgan fingerprint density at radius 2 is 1.70 bits per heavy atom. The van der Waals surface area contributed by atoms with Crippen molar-refractivity contribution in [2.75, 3.05) is 6.61 Å². The lowest BCUT2D eigenvalue weighted by Crippen LogP contribution is -2.23. The Hall–Kier alpha value is -2.43. The third-order valence-electron chi connectivity index (χ3n) is 3.82. The molecule has 0 aliphatic carbocycles. The smallest absolute Gasteiger partial charge is 0.127 e. The molecular weight excluding hydrogens is 288 g/mol. The molecule has 118 valence electrons. The third kappa shape index (κ3) is 3.86. The van der Waals surface area contributed by atoms with E-state index < -0.39 is 0 Å². The SMILES string of the molecule is OCCc1conc1C(NCc1ccccc1)c1ccccc1. The number of benzene rings is 2. The van der Waals surface area contributed by atoms with Gasteiger partial charge in [0, 0.05) is 25.1 Å². The van der Waals surface area contributed by atoms with Crippen LogP contribution in [0.2, 0.25) is 0 Å². The molecule has 1 unspecified atom stereocenters. The largest absolute Gasteiger partial charge is 0.396 e. The van der Waals surface area contributed by atoms with Gasteiger partial charge in [0.1, 0.15) is 12.0 Å². The van der Waals surface area contributed by atoms with Crippen LogP contribution in [0, 0.1) is 0 Å². The second-order valence-electron chi connectivity index (χ2n) is 5.41. The number of hydrogen-bond acceptors (Lipinski definition) is 4. The number of aliphatic hydroxyl groups is 1. The monoisotopic (exact) mass is 308 g/mol. The molecule has 0 saturated heterocycles. The second-order valence-corrected chi connectivity index (χ2v) is 5.41. The summed E-state index contributed by atoms with van der Waals surface area (Å²) in [5, 5.41) is 17.0. The number of rotatable bonds is 7. The number of nitrogens with zero attached hydrogens (tertiary/aromatic N) is 1. The number of aromatic nitrogens is 1. The van der Waals surface area contributed by atoms with E-state index in [4.69, 9.17) is 4.52 Å².